The number of imidazole rings is 1. The fourth-order valence-electron chi connectivity index (χ4n) is 3.34. The van der Waals surface area contributed by atoms with E-state index in [0.717, 1.165) is 37.4 Å². The van der Waals surface area contributed by atoms with Gasteiger partial charge in [0.05, 0.1) is 37.8 Å². The van der Waals surface area contributed by atoms with Crippen LogP contribution in [0.5, 0.6) is 11.5 Å². The molecule has 0 saturated carbocycles. The number of nitrogens with one attached hydrogen (secondary N) is 1. The highest BCUT2D eigenvalue weighted by Gasteiger charge is 2.23. The summed E-state index contributed by atoms with van der Waals surface area (Å²) in [5, 5.41) is 2.93. The van der Waals surface area contributed by atoms with Crippen molar-refractivity contribution in [1.82, 2.24) is 14.5 Å². The Kier molecular flexibility index (Phi) is 5.46. The molecule has 0 radical (unpaired) electrons. The summed E-state index contributed by atoms with van der Waals surface area (Å²) in [7, 11) is 5.22. The second-order valence-corrected chi connectivity index (χ2v) is 6.41. The number of methoxy groups -OCH3 is 2. The molecule has 1 amide bonds. The highest BCUT2D eigenvalue weighted by atomic mass is 16.5. The highest BCUT2D eigenvalue weighted by molar-refractivity contribution is 5.93. The molecule has 3 rings (SSSR count). The SMILES string of the molecule is CCc1nc2c(n1C)CN(CC(=O)Nc1ccc(OC)cc1OC)CC2. The van der Waals surface area contributed by atoms with Crippen LogP contribution in [0.1, 0.15) is 24.1 Å². The quantitative estimate of drug-likeness (QED) is 0.855. The second kappa shape index (κ2) is 7.78. The molecule has 140 valence electrons. The zero-order valence-electron chi connectivity index (χ0n) is 15.8. The van der Waals surface area contributed by atoms with Crippen LogP contribution >= 0.6 is 0 Å². The zero-order chi connectivity index (χ0) is 18.7. The van der Waals surface area contributed by atoms with Crippen LogP contribution in [-0.2, 0) is 31.2 Å². The molecule has 0 aliphatic carbocycles. The van der Waals surface area contributed by atoms with Gasteiger partial charge in [0.25, 0.3) is 0 Å². The predicted molar refractivity (Wildman–Crippen MR) is 99.7 cm³/mol. The van der Waals surface area contributed by atoms with E-state index in [2.05, 4.69) is 28.8 Å². The molecule has 0 atom stereocenters. The number of fused-ring (bicyclic) bond motifs is 1. The monoisotopic (exact) mass is 358 g/mol. The minimum absolute atomic E-state index is 0.0604. The van der Waals surface area contributed by atoms with Crippen LogP contribution in [0.15, 0.2) is 18.2 Å². The van der Waals surface area contributed by atoms with Gasteiger partial charge in [-0.05, 0) is 12.1 Å². The number of carbonyl (C=O) groups is 1. The molecule has 1 aromatic heterocycles. The number of hydrogen-bond acceptors (Lipinski definition) is 5. The van der Waals surface area contributed by atoms with Crippen LogP contribution in [0, 0.1) is 0 Å². The number of rotatable bonds is 6. The van der Waals surface area contributed by atoms with Crippen molar-refractivity contribution in [1.29, 1.82) is 0 Å². The molecule has 1 aliphatic rings. The van der Waals surface area contributed by atoms with Gasteiger partial charge in [0.15, 0.2) is 0 Å². The molecule has 26 heavy (non-hydrogen) atoms. The molecule has 7 nitrogen and oxygen atoms in total. The number of amides is 1. The van der Waals surface area contributed by atoms with Crippen molar-refractivity contribution in [2.75, 3.05) is 32.6 Å². The van der Waals surface area contributed by atoms with E-state index in [4.69, 9.17) is 14.5 Å². The molecular formula is C19H26N4O3. The summed E-state index contributed by atoms with van der Waals surface area (Å²) < 4.78 is 12.7. The average molecular weight is 358 g/mol. The Morgan fingerprint density at radius 3 is 2.81 bits per heavy atom. The van der Waals surface area contributed by atoms with Crippen LogP contribution in [0.4, 0.5) is 5.69 Å². The Balaban J connectivity index is 1.65. The second-order valence-electron chi connectivity index (χ2n) is 6.41. The van der Waals surface area contributed by atoms with Crippen molar-refractivity contribution in [2.24, 2.45) is 7.05 Å². The van der Waals surface area contributed by atoms with Gasteiger partial charge in [0.2, 0.25) is 5.91 Å². The van der Waals surface area contributed by atoms with E-state index in [1.807, 2.05) is 0 Å². The van der Waals surface area contributed by atoms with E-state index in [9.17, 15) is 4.79 Å². The highest BCUT2D eigenvalue weighted by Crippen LogP contribution is 2.29. The maximum absolute atomic E-state index is 12.5. The van der Waals surface area contributed by atoms with E-state index >= 15 is 0 Å². The van der Waals surface area contributed by atoms with Gasteiger partial charge in [0, 0.05) is 39.0 Å². The number of aromatic nitrogens is 2. The first-order chi connectivity index (χ1) is 12.5. The molecule has 0 unspecified atom stereocenters. The molecule has 2 aromatic rings. The molecule has 0 bridgehead atoms. The van der Waals surface area contributed by atoms with Gasteiger partial charge in [0.1, 0.15) is 17.3 Å². The van der Waals surface area contributed by atoms with E-state index < -0.39 is 0 Å². The summed E-state index contributed by atoms with van der Waals surface area (Å²) in [5.74, 6) is 2.31. The molecular weight excluding hydrogens is 332 g/mol. The Bertz CT molecular complexity index is 800. The first kappa shape index (κ1) is 18.3. The summed E-state index contributed by atoms with van der Waals surface area (Å²) in [5.41, 5.74) is 3.02. The minimum atomic E-state index is -0.0604. The summed E-state index contributed by atoms with van der Waals surface area (Å²) in [4.78, 5) is 19.3. The van der Waals surface area contributed by atoms with E-state index in [1.165, 1.54) is 5.69 Å². The molecule has 1 N–H and O–H groups in total. The lowest BCUT2D eigenvalue weighted by molar-refractivity contribution is -0.117. The standard InChI is InChI=1S/C19H26N4O3/c1-5-18-20-14-8-9-23(11-16(14)22(18)2)12-19(24)21-15-7-6-13(25-3)10-17(15)26-4/h6-7,10H,5,8-9,11-12H2,1-4H3,(H,21,24). The number of ether oxygens (including phenoxy) is 2. The maximum atomic E-state index is 12.5. The molecule has 0 saturated heterocycles. The van der Waals surface area contributed by atoms with Crippen molar-refractivity contribution in [3.05, 3.63) is 35.4 Å². The molecule has 1 aromatic carbocycles. The first-order valence-corrected chi connectivity index (χ1v) is 8.83. The summed E-state index contributed by atoms with van der Waals surface area (Å²) in [6, 6.07) is 5.34. The molecule has 0 fully saturated rings. The van der Waals surface area contributed by atoms with Crippen molar-refractivity contribution < 1.29 is 14.3 Å². The van der Waals surface area contributed by atoms with Gasteiger partial charge in [-0.1, -0.05) is 6.92 Å². The zero-order valence-corrected chi connectivity index (χ0v) is 15.8. The summed E-state index contributed by atoms with van der Waals surface area (Å²) >= 11 is 0. The smallest absolute Gasteiger partial charge is 0.238 e. The van der Waals surface area contributed by atoms with Crippen molar-refractivity contribution in [3.8, 4) is 11.5 Å². The number of hydrogen-bond donors (Lipinski definition) is 1. The Morgan fingerprint density at radius 2 is 2.12 bits per heavy atom. The molecule has 7 heteroatoms. The fraction of sp³-hybridized carbons (Fsp3) is 0.474. The van der Waals surface area contributed by atoms with Gasteiger partial charge >= 0.3 is 0 Å². The van der Waals surface area contributed by atoms with Crippen LogP contribution in [0.25, 0.3) is 0 Å². The number of anilines is 1. The molecule has 1 aliphatic heterocycles. The van der Waals surface area contributed by atoms with Crippen molar-refractivity contribution in [2.45, 2.75) is 26.3 Å². The van der Waals surface area contributed by atoms with Crippen molar-refractivity contribution in [3.63, 3.8) is 0 Å². The lowest BCUT2D eigenvalue weighted by Gasteiger charge is -2.26. The van der Waals surface area contributed by atoms with E-state index in [-0.39, 0.29) is 5.91 Å². The third kappa shape index (κ3) is 3.67. The van der Waals surface area contributed by atoms with Gasteiger partial charge in [-0.3, -0.25) is 9.69 Å². The minimum Gasteiger partial charge on any atom is -0.497 e. The molecule has 0 spiro atoms. The predicted octanol–water partition coefficient (Wildman–Crippen LogP) is 2.00. The lowest BCUT2D eigenvalue weighted by Crippen LogP contribution is -2.37. The first-order valence-electron chi connectivity index (χ1n) is 8.83. The van der Waals surface area contributed by atoms with E-state index in [0.29, 0.717) is 23.7 Å². The Labute approximate surface area is 153 Å². The van der Waals surface area contributed by atoms with Crippen molar-refractivity contribution >= 4 is 11.6 Å². The maximum Gasteiger partial charge on any atom is 0.238 e. The summed E-state index contributed by atoms with van der Waals surface area (Å²) in [6.07, 6.45) is 1.80. The third-order valence-electron chi connectivity index (χ3n) is 4.79. The van der Waals surface area contributed by atoms with Crippen LogP contribution in [-0.4, -0.2) is 47.7 Å². The fourth-order valence-corrected chi connectivity index (χ4v) is 3.34. The summed E-state index contributed by atoms with van der Waals surface area (Å²) in [6.45, 7) is 4.02. The lowest BCUT2D eigenvalue weighted by atomic mass is 10.1. The van der Waals surface area contributed by atoms with Crippen LogP contribution < -0.4 is 14.8 Å². The number of nitrogens with zero attached hydrogens (tertiary/aromatic N) is 3. The third-order valence-corrected chi connectivity index (χ3v) is 4.79. The topological polar surface area (TPSA) is 68.6 Å². The Morgan fingerprint density at radius 1 is 1.31 bits per heavy atom. The normalized spacial score (nSPS) is 14.0. The van der Waals surface area contributed by atoms with Gasteiger partial charge in [-0.25, -0.2) is 4.98 Å². The number of benzene rings is 1. The van der Waals surface area contributed by atoms with Crippen LogP contribution in [0.2, 0.25) is 0 Å². The van der Waals surface area contributed by atoms with Gasteiger partial charge in [-0.15, -0.1) is 0 Å². The van der Waals surface area contributed by atoms with Crippen LogP contribution in [0.3, 0.4) is 0 Å². The van der Waals surface area contributed by atoms with E-state index in [1.54, 1.807) is 32.4 Å². The Hall–Kier alpha value is -2.54. The largest absolute Gasteiger partial charge is 0.497 e. The number of aryl methyl sites for hydroxylation is 1. The van der Waals surface area contributed by atoms with Gasteiger partial charge in [-0.2, -0.15) is 0 Å². The van der Waals surface area contributed by atoms with Gasteiger partial charge < -0.3 is 19.4 Å². The number of carbonyl (C=O) groups excluding carboxylic acids is 1. The average Bonchev–Trinajstić information content (AvgIpc) is 2.97. The molecule has 2 heterocycles.